The number of carbonyl (C=O) groups is 2. The molecule has 5 nitrogen and oxygen atoms in total. The fourth-order valence-electron chi connectivity index (χ4n) is 3.17. The molecule has 0 saturated carbocycles. The second kappa shape index (κ2) is 5.51. The zero-order valence-corrected chi connectivity index (χ0v) is 14.1. The van der Waals surface area contributed by atoms with Gasteiger partial charge in [0.05, 0.1) is 0 Å². The van der Waals surface area contributed by atoms with E-state index in [9.17, 15) is 14.7 Å². The van der Waals surface area contributed by atoms with E-state index in [1.54, 1.807) is 20.8 Å². The molecular formula is C19H21NO4. The van der Waals surface area contributed by atoms with Gasteiger partial charge in [0.2, 0.25) is 0 Å². The first-order valence-electron chi connectivity index (χ1n) is 7.94. The van der Waals surface area contributed by atoms with Crippen LogP contribution in [0.3, 0.4) is 0 Å². The highest BCUT2D eigenvalue weighted by molar-refractivity contribution is 5.89. The highest BCUT2D eigenvalue weighted by Crippen LogP contribution is 2.34. The van der Waals surface area contributed by atoms with Gasteiger partial charge < -0.3 is 15.2 Å². The summed E-state index contributed by atoms with van der Waals surface area (Å²) in [6, 6.07) is 11.9. The molecule has 0 heterocycles. The fourth-order valence-corrected chi connectivity index (χ4v) is 3.17. The molecule has 126 valence electrons. The quantitative estimate of drug-likeness (QED) is 0.887. The summed E-state index contributed by atoms with van der Waals surface area (Å²) in [5.74, 6) is -1.05. The zero-order chi connectivity index (χ0) is 17.5. The van der Waals surface area contributed by atoms with Gasteiger partial charge in [-0.2, -0.15) is 0 Å². The van der Waals surface area contributed by atoms with E-state index in [1.165, 1.54) is 0 Å². The lowest BCUT2D eigenvalue weighted by Crippen LogP contribution is -2.56. The Morgan fingerprint density at radius 1 is 1.08 bits per heavy atom. The molecule has 1 amide bonds. The molecule has 0 atom stereocenters. The van der Waals surface area contributed by atoms with Crippen LogP contribution >= 0.6 is 0 Å². The second-order valence-corrected chi connectivity index (χ2v) is 7.34. The molecule has 0 radical (unpaired) electrons. The number of alkyl carbamates (subject to hydrolysis) is 1. The molecule has 0 aromatic heterocycles. The number of nitrogens with one attached hydrogen (secondary N) is 1. The molecule has 0 fully saturated rings. The summed E-state index contributed by atoms with van der Waals surface area (Å²) in [7, 11) is 0. The van der Waals surface area contributed by atoms with Crippen molar-refractivity contribution in [3.05, 3.63) is 47.5 Å². The highest BCUT2D eigenvalue weighted by Gasteiger charge is 2.46. The standard InChI is InChI=1S/C19H21NO4/c1-18(2,3)24-17(23)20-19(16(21)22)10-14-8-12-6-4-5-7-13(12)9-15(14)11-19/h4-9H,10-11H2,1-3H3,(H,20,23)(H,21,22). The van der Waals surface area contributed by atoms with Gasteiger partial charge in [0.1, 0.15) is 11.1 Å². The Bertz CT molecular complexity index is 775. The maximum Gasteiger partial charge on any atom is 0.408 e. The first-order valence-corrected chi connectivity index (χ1v) is 7.94. The number of carbonyl (C=O) groups excluding carboxylic acids is 1. The third-order valence-corrected chi connectivity index (χ3v) is 4.20. The Balaban J connectivity index is 1.91. The lowest BCUT2D eigenvalue weighted by atomic mass is 9.96. The molecule has 0 aliphatic heterocycles. The van der Waals surface area contributed by atoms with Crippen molar-refractivity contribution >= 4 is 22.8 Å². The minimum atomic E-state index is -1.36. The number of hydrogen-bond acceptors (Lipinski definition) is 3. The average Bonchev–Trinajstić information content (AvgIpc) is 2.80. The van der Waals surface area contributed by atoms with E-state index in [2.05, 4.69) is 5.32 Å². The van der Waals surface area contributed by atoms with Crippen molar-refractivity contribution < 1.29 is 19.4 Å². The number of ether oxygens (including phenoxy) is 1. The molecule has 1 aliphatic rings. The van der Waals surface area contributed by atoms with Gasteiger partial charge in [0.25, 0.3) is 0 Å². The average molecular weight is 327 g/mol. The topological polar surface area (TPSA) is 75.6 Å². The summed E-state index contributed by atoms with van der Waals surface area (Å²) in [6.45, 7) is 5.24. The minimum Gasteiger partial charge on any atom is -0.479 e. The van der Waals surface area contributed by atoms with Crippen molar-refractivity contribution in [1.82, 2.24) is 5.32 Å². The maximum absolute atomic E-state index is 12.1. The predicted octanol–water partition coefficient (Wildman–Crippen LogP) is 3.29. The number of carboxylic acids is 1. The van der Waals surface area contributed by atoms with Crippen LogP contribution in [-0.4, -0.2) is 28.3 Å². The molecule has 0 bridgehead atoms. The van der Waals surface area contributed by atoms with Crippen LogP contribution in [0.1, 0.15) is 31.9 Å². The van der Waals surface area contributed by atoms with Crippen LogP contribution in [0.25, 0.3) is 10.8 Å². The first kappa shape index (κ1) is 16.3. The number of carboxylic acid groups (broad SMARTS) is 1. The smallest absolute Gasteiger partial charge is 0.408 e. The maximum atomic E-state index is 12.1. The summed E-state index contributed by atoms with van der Waals surface area (Å²) in [6.07, 6.45) is -0.203. The van der Waals surface area contributed by atoms with Gasteiger partial charge in [-0.25, -0.2) is 9.59 Å². The summed E-state index contributed by atoms with van der Waals surface area (Å²) >= 11 is 0. The van der Waals surface area contributed by atoms with Crippen molar-refractivity contribution in [3.63, 3.8) is 0 Å². The van der Waals surface area contributed by atoms with Gasteiger partial charge >= 0.3 is 12.1 Å². The summed E-state index contributed by atoms with van der Waals surface area (Å²) in [4.78, 5) is 24.0. The number of aliphatic carboxylic acids is 1. The van der Waals surface area contributed by atoms with E-state index in [0.29, 0.717) is 0 Å². The van der Waals surface area contributed by atoms with Crippen molar-refractivity contribution in [2.45, 2.75) is 44.8 Å². The van der Waals surface area contributed by atoms with Crippen LogP contribution in [-0.2, 0) is 22.4 Å². The number of benzene rings is 2. The molecule has 3 rings (SSSR count). The molecule has 0 saturated heterocycles. The third-order valence-electron chi connectivity index (χ3n) is 4.20. The van der Waals surface area contributed by atoms with Crippen molar-refractivity contribution in [2.24, 2.45) is 0 Å². The lowest BCUT2D eigenvalue weighted by Gasteiger charge is -2.28. The Morgan fingerprint density at radius 2 is 1.58 bits per heavy atom. The molecule has 24 heavy (non-hydrogen) atoms. The van der Waals surface area contributed by atoms with Crippen molar-refractivity contribution in [2.75, 3.05) is 0 Å². The molecular weight excluding hydrogens is 306 g/mol. The Hall–Kier alpha value is -2.56. The number of rotatable bonds is 2. The monoisotopic (exact) mass is 327 g/mol. The van der Waals surface area contributed by atoms with Gasteiger partial charge in [-0.1, -0.05) is 36.4 Å². The van der Waals surface area contributed by atoms with Crippen LogP contribution in [0.5, 0.6) is 0 Å². The molecule has 5 heteroatoms. The number of fused-ring (bicyclic) bond motifs is 2. The highest BCUT2D eigenvalue weighted by atomic mass is 16.6. The van der Waals surface area contributed by atoms with E-state index in [-0.39, 0.29) is 12.8 Å². The molecule has 2 aromatic carbocycles. The van der Waals surface area contributed by atoms with E-state index in [1.807, 2.05) is 36.4 Å². The van der Waals surface area contributed by atoms with Gasteiger partial charge in [-0.15, -0.1) is 0 Å². The zero-order valence-electron chi connectivity index (χ0n) is 14.1. The van der Waals surface area contributed by atoms with Gasteiger partial charge in [-0.05, 0) is 42.7 Å². The van der Waals surface area contributed by atoms with Gasteiger partial charge in [0.15, 0.2) is 0 Å². The SMILES string of the molecule is CC(C)(C)OC(=O)NC1(C(=O)O)Cc2cc3ccccc3cc2C1. The van der Waals surface area contributed by atoms with Crippen LogP contribution in [0, 0.1) is 0 Å². The Kier molecular flexibility index (Phi) is 3.74. The Morgan fingerprint density at radius 3 is 2.00 bits per heavy atom. The van der Waals surface area contributed by atoms with E-state index in [0.717, 1.165) is 21.9 Å². The molecule has 2 N–H and O–H groups in total. The van der Waals surface area contributed by atoms with Crippen LogP contribution < -0.4 is 5.32 Å². The summed E-state index contributed by atoms with van der Waals surface area (Å²) < 4.78 is 5.24. The van der Waals surface area contributed by atoms with Gasteiger partial charge in [-0.3, -0.25) is 0 Å². The molecule has 2 aromatic rings. The number of hydrogen-bond donors (Lipinski definition) is 2. The van der Waals surface area contributed by atoms with E-state index >= 15 is 0 Å². The second-order valence-electron chi connectivity index (χ2n) is 7.34. The normalized spacial score (nSPS) is 15.8. The van der Waals surface area contributed by atoms with E-state index < -0.39 is 23.2 Å². The Labute approximate surface area is 140 Å². The van der Waals surface area contributed by atoms with Crippen molar-refractivity contribution in [1.29, 1.82) is 0 Å². The van der Waals surface area contributed by atoms with Crippen molar-refractivity contribution in [3.8, 4) is 0 Å². The van der Waals surface area contributed by atoms with Crippen LogP contribution in [0.2, 0.25) is 0 Å². The molecule has 0 spiro atoms. The lowest BCUT2D eigenvalue weighted by molar-refractivity contribution is -0.144. The number of amides is 1. The van der Waals surface area contributed by atoms with Crippen LogP contribution in [0.4, 0.5) is 4.79 Å². The van der Waals surface area contributed by atoms with Gasteiger partial charge in [0, 0.05) is 12.8 Å². The molecule has 1 aliphatic carbocycles. The first-order chi connectivity index (χ1) is 11.2. The fraction of sp³-hybridized carbons (Fsp3) is 0.368. The summed E-state index contributed by atoms with van der Waals surface area (Å²) in [5, 5.41) is 14.5. The predicted molar refractivity (Wildman–Crippen MR) is 91.1 cm³/mol. The summed E-state index contributed by atoms with van der Waals surface area (Å²) in [5.41, 5.74) is -0.134. The minimum absolute atomic E-state index is 0.252. The molecule has 0 unspecified atom stereocenters. The van der Waals surface area contributed by atoms with Crippen LogP contribution in [0.15, 0.2) is 36.4 Å². The largest absolute Gasteiger partial charge is 0.479 e. The van der Waals surface area contributed by atoms with E-state index in [4.69, 9.17) is 4.74 Å². The third kappa shape index (κ3) is 3.07.